The van der Waals surface area contributed by atoms with Gasteiger partial charge in [-0.1, -0.05) is 0 Å². The Morgan fingerprint density at radius 1 is 0.758 bits per heavy atom. The van der Waals surface area contributed by atoms with E-state index < -0.39 is 53.8 Å². The van der Waals surface area contributed by atoms with E-state index in [4.69, 9.17) is 28.0 Å². The second kappa shape index (κ2) is 16.8. The fourth-order valence-electron chi connectivity index (χ4n) is 2.88. The highest BCUT2D eigenvalue weighted by atomic mass is 16.4. The predicted molar refractivity (Wildman–Crippen MR) is 121 cm³/mol. The number of nitrogens with two attached hydrogens (primary N) is 4. The molecule has 4 atom stereocenters. The zero-order valence-corrected chi connectivity index (χ0v) is 19.2. The fourth-order valence-corrected chi connectivity index (χ4v) is 2.88. The molecule has 0 fully saturated rings. The van der Waals surface area contributed by atoms with Gasteiger partial charge in [0.2, 0.25) is 23.6 Å². The topological polar surface area (TPSA) is 246 Å². The first-order valence-electron chi connectivity index (χ1n) is 11.1. The highest BCUT2D eigenvalue weighted by Crippen LogP contribution is 2.07. The van der Waals surface area contributed by atoms with Gasteiger partial charge in [0.05, 0.1) is 6.04 Å². The van der Waals surface area contributed by atoms with Crippen molar-refractivity contribution in [1.29, 1.82) is 0 Å². The van der Waals surface area contributed by atoms with Crippen molar-refractivity contribution in [1.82, 2.24) is 16.0 Å². The molecule has 0 saturated carbocycles. The minimum absolute atomic E-state index is 0.0233. The zero-order valence-electron chi connectivity index (χ0n) is 19.2. The highest BCUT2D eigenvalue weighted by molar-refractivity contribution is 5.94. The molecule has 190 valence electrons. The summed E-state index contributed by atoms with van der Waals surface area (Å²) in [6.07, 6.45) is 2.72. The summed E-state index contributed by atoms with van der Waals surface area (Å²) in [6.45, 7) is 2.11. The minimum atomic E-state index is -1.22. The van der Waals surface area contributed by atoms with Crippen molar-refractivity contribution in [2.45, 2.75) is 82.5 Å². The lowest BCUT2D eigenvalue weighted by Gasteiger charge is -2.25. The van der Waals surface area contributed by atoms with Crippen molar-refractivity contribution in [3.8, 4) is 0 Å². The maximum Gasteiger partial charge on any atom is 0.325 e. The van der Waals surface area contributed by atoms with Gasteiger partial charge in [-0.15, -0.1) is 0 Å². The number of rotatable bonds is 18. The van der Waals surface area contributed by atoms with Crippen LogP contribution in [0.3, 0.4) is 0 Å². The second-order valence-electron chi connectivity index (χ2n) is 7.87. The van der Waals surface area contributed by atoms with Crippen LogP contribution in [0.5, 0.6) is 0 Å². The number of primary amides is 1. The van der Waals surface area contributed by atoms with Gasteiger partial charge in [0.15, 0.2) is 0 Å². The van der Waals surface area contributed by atoms with Gasteiger partial charge in [-0.05, 0) is 65.0 Å². The number of carboxylic acid groups (broad SMARTS) is 1. The van der Waals surface area contributed by atoms with Crippen molar-refractivity contribution >= 4 is 29.6 Å². The number of carbonyl (C=O) groups is 5. The van der Waals surface area contributed by atoms with Crippen LogP contribution >= 0.6 is 0 Å². The van der Waals surface area contributed by atoms with Gasteiger partial charge in [0.1, 0.15) is 18.1 Å². The number of hydrogen-bond acceptors (Lipinski definition) is 8. The largest absolute Gasteiger partial charge is 0.480 e. The lowest BCUT2D eigenvalue weighted by atomic mass is 10.0. The molecule has 4 amide bonds. The number of hydrogen-bond donors (Lipinski definition) is 8. The van der Waals surface area contributed by atoms with Gasteiger partial charge in [0, 0.05) is 6.42 Å². The van der Waals surface area contributed by atoms with Gasteiger partial charge in [-0.25, -0.2) is 0 Å². The smallest absolute Gasteiger partial charge is 0.325 e. The molecule has 0 spiro atoms. The summed E-state index contributed by atoms with van der Waals surface area (Å²) in [5.74, 6) is -3.71. The number of carbonyl (C=O) groups excluding carboxylic acids is 4. The molecule has 0 aliphatic carbocycles. The van der Waals surface area contributed by atoms with E-state index in [-0.39, 0.29) is 25.7 Å². The molecule has 33 heavy (non-hydrogen) atoms. The third-order valence-corrected chi connectivity index (χ3v) is 4.93. The summed E-state index contributed by atoms with van der Waals surface area (Å²) in [6, 6.07) is -4.19. The van der Waals surface area contributed by atoms with E-state index in [0.717, 1.165) is 0 Å². The van der Waals surface area contributed by atoms with Gasteiger partial charge in [-0.3, -0.25) is 24.0 Å². The Labute approximate surface area is 193 Å². The first-order valence-corrected chi connectivity index (χ1v) is 11.1. The maximum atomic E-state index is 12.9. The third kappa shape index (κ3) is 13.4. The molecule has 0 radical (unpaired) electrons. The number of carboxylic acids is 1. The quantitative estimate of drug-likeness (QED) is 0.0970. The normalized spacial score (nSPS) is 14.4. The molecular weight excluding hydrogens is 434 g/mol. The Morgan fingerprint density at radius 3 is 1.64 bits per heavy atom. The van der Waals surface area contributed by atoms with Crippen LogP contribution < -0.4 is 38.9 Å². The van der Waals surface area contributed by atoms with Gasteiger partial charge < -0.3 is 44.0 Å². The lowest BCUT2D eigenvalue weighted by Crippen LogP contribution is -2.56. The van der Waals surface area contributed by atoms with Crippen LogP contribution in [0.1, 0.15) is 58.3 Å². The van der Waals surface area contributed by atoms with Gasteiger partial charge >= 0.3 is 5.97 Å². The van der Waals surface area contributed by atoms with Crippen LogP contribution in [0.15, 0.2) is 0 Å². The molecule has 4 unspecified atom stereocenters. The van der Waals surface area contributed by atoms with Crippen LogP contribution in [0.25, 0.3) is 0 Å². The number of aliphatic carboxylic acids is 1. The predicted octanol–water partition coefficient (Wildman–Crippen LogP) is -2.60. The number of nitrogens with one attached hydrogen (secondary N) is 3. The third-order valence-electron chi connectivity index (χ3n) is 4.93. The average molecular weight is 474 g/mol. The Morgan fingerprint density at radius 2 is 1.21 bits per heavy atom. The van der Waals surface area contributed by atoms with Crippen molar-refractivity contribution in [3.05, 3.63) is 0 Å². The maximum absolute atomic E-state index is 12.9. The molecule has 0 aromatic heterocycles. The van der Waals surface area contributed by atoms with E-state index in [2.05, 4.69) is 16.0 Å². The summed E-state index contributed by atoms with van der Waals surface area (Å²) in [4.78, 5) is 59.9. The van der Waals surface area contributed by atoms with Crippen molar-refractivity contribution < 1.29 is 29.1 Å². The van der Waals surface area contributed by atoms with Gasteiger partial charge in [0.25, 0.3) is 0 Å². The van der Waals surface area contributed by atoms with Crippen LogP contribution in [-0.4, -0.2) is 72.0 Å². The number of amides is 4. The minimum Gasteiger partial charge on any atom is -0.480 e. The van der Waals surface area contributed by atoms with Crippen LogP contribution in [0, 0.1) is 0 Å². The van der Waals surface area contributed by atoms with E-state index in [0.29, 0.717) is 38.8 Å². The summed E-state index contributed by atoms with van der Waals surface area (Å²) >= 11 is 0. The van der Waals surface area contributed by atoms with Crippen molar-refractivity contribution in [2.24, 2.45) is 22.9 Å². The second-order valence-corrected chi connectivity index (χ2v) is 7.87. The fraction of sp³-hybridized carbons (Fsp3) is 0.750. The van der Waals surface area contributed by atoms with Crippen LogP contribution in [0.2, 0.25) is 0 Å². The molecule has 0 aromatic rings. The Balaban J connectivity index is 5.32. The first kappa shape index (κ1) is 30.2. The van der Waals surface area contributed by atoms with E-state index in [1.54, 1.807) is 0 Å². The van der Waals surface area contributed by atoms with Crippen molar-refractivity contribution in [2.75, 3.05) is 13.1 Å². The molecule has 0 heterocycles. The Kier molecular flexibility index (Phi) is 15.4. The molecular formula is C20H39N7O6. The Hall–Kier alpha value is -2.77. The zero-order chi connectivity index (χ0) is 25.4. The van der Waals surface area contributed by atoms with Crippen LogP contribution in [-0.2, 0) is 24.0 Å². The molecule has 13 nitrogen and oxygen atoms in total. The van der Waals surface area contributed by atoms with E-state index in [1.165, 1.54) is 6.92 Å². The lowest BCUT2D eigenvalue weighted by molar-refractivity contribution is -0.141. The first-order chi connectivity index (χ1) is 15.5. The molecule has 13 heteroatoms. The van der Waals surface area contributed by atoms with Gasteiger partial charge in [-0.2, -0.15) is 0 Å². The standard InChI is InChI=1S/C20H39N7O6/c1-12(20(32)33)25-18(30)14(6-2-4-10-21)27-19(31)15(7-3-5-11-22)26-17(29)13(23)8-9-16(24)28/h12-15H,2-11,21-23H2,1H3,(H2,24,28)(H,25,30)(H,26,29)(H,27,31)(H,32,33). The van der Waals surface area contributed by atoms with E-state index in [1.807, 2.05) is 0 Å². The molecule has 0 rings (SSSR count). The van der Waals surface area contributed by atoms with E-state index >= 15 is 0 Å². The molecule has 0 aromatic carbocycles. The monoisotopic (exact) mass is 473 g/mol. The molecule has 0 bridgehead atoms. The SMILES string of the molecule is CC(NC(=O)C(CCCCN)NC(=O)C(CCCCN)NC(=O)C(N)CCC(N)=O)C(=O)O. The summed E-state index contributed by atoms with van der Waals surface area (Å²) in [5.41, 5.74) is 21.8. The summed E-state index contributed by atoms with van der Waals surface area (Å²) < 4.78 is 0. The Bertz CT molecular complexity index is 661. The molecule has 0 saturated heterocycles. The summed E-state index contributed by atoms with van der Waals surface area (Å²) in [7, 11) is 0. The molecule has 0 aliphatic heterocycles. The molecule has 12 N–H and O–H groups in total. The van der Waals surface area contributed by atoms with E-state index in [9.17, 15) is 24.0 Å². The average Bonchev–Trinajstić information content (AvgIpc) is 2.75. The highest BCUT2D eigenvalue weighted by Gasteiger charge is 2.29. The molecule has 0 aliphatic rings. The number of unbranched alkanes of at least 4 members (excludes halogenated alkanes) is 2. The summed E-state index contributed by atoms with van der Waals surface area (Å²) in [5, 5.41) is 16.5. The van der Waals surface area contributed by atoms with Crippen LogP contribution in [0.4, 0.5) is 0 Å². The van der Waals surface area contributed by atoms with Crippen molar-refractivity contribution in [3.63, 3.8) is 0 Å².